The molecule has 1 amide bonds. The fourth-order valence-electron chi connectivity index (χ4n) is 3.35. The van der Waals surface area contributed by atoms with Crippen LogP contribution in [0.2, 0.25) is 0 Å². The summed E-state index contributed by atoms with van der Waals surface area (Å²) in [5.41, 5.74) is 0. The molecule has 124 valence electrons. The lowest BCUT2D eigenvalue weighted by Gasteiger charge is -2.21. The van der Waals surface area contributed by atoms with Crippen LogP contribution >= 0.6 is 0 Å². The molecule has 1 atom stereocenters. The summed E-state index contributed by atoms with van der Waals surface area (Å²) >= 11 is 0. The Labute approximate surface area is 132 Å². The summed E-state index contributed by atoms with van der Waals surface area (Å²) in [6.45, 7) is 5.46. The Morgan fingerprint density at radius 2 is 1.33 bits per heavy atom. The van der Waals surface area contributed by atoms with E-state index in [1.165, 1.54) is 77.0 Å². The molecule has 0 aliphatic carbocycles. The van der Waals surface area contributed by atoms with Gasteiger partial charge in [-0.15, -0.1) is 0 Å². The minimum atomic E-state index is 0.380. The van der Waals surface area contributed by atoms with Gasteiger partial charge in [-0.25, -0.2) is 0 Å². The molecule has 0 radical (unpaired) electrons. The van der Waals surface area contributed by atoms with Crippen molar-refractivity contribution in [3.63, 3.8) is 0 Å². The maximum absolute atomic E-state index is 11.6. The second-order valence-electron chi connectivity index (χ2n) is 6.86. The molecule has 1 rings (SSSR count). The van der Waals surface area contributed by atoms with E-state index in [1.54, 1.807) is 0 Å². The number of hydrogen-bond acceptors (Lipinski definition) is 1. The van der Waals surface area contributed by atoms with Crippen LogP contribution in [0.3, 0.4) is 0 Å². The zero-order chi connectivity index (χ0) is 15.3. The monoisotopic (exact) mass is 295 g/mol. The summed E-state index contributed by atoms with van der Waals surface area (Å²) in [4.78, 5) is 13.7. The predicted octanol–water partition coefficient (Wildman–Crippen LogP) is 5.70. The van der Waals surface area contributed by atoms with Gasteiger partial charge in [-0.1, -0.05) is 77.6 Å². The lowest BCUT2D eigenvalue weighted by molar-refractivity contribution is -0.128. The van der Waals surface area contributed by atoms with Crippen LogP contribution in [0.1, 0.15) is 104 Å². The molecule has 1 saturated heterocycles. The summed E-state index contributed by atoms with van der Waals surface area (Å²) in [6, 6.07) is 0.491. The topological polar surface area (TPSA) is 20.3 Å². The van der Waals surface area contributed by atoms with Crippen molar-refractivity contribution in [2.45, 2.75) is 110 Å². The highest BCUT2D eigenvalue weighted by Crippen LogP contribution is 2.19. The molecule has 0 spiro atoms. The molecule has 1 aliphatic heterocycles. The molecule has 0 saturated carbocycles. The summed E-state index contributed by atoms with van der Waals surface area (Å²) in [6.07, 6.45) is 18.4. The van der Waals surface area contributed by atoms with Gasteiger partial charge in [0.05, 0.1) is 0 Å². The summed E-state index contributed by atoms with van der Waals surface area (Å²) < 4.78 is 0. The van der Waals surface area contributed by atoms with Crippen molar-refractivity contribution in [1.29, 1.82) is 0 Å². The van der Waals surface area contributed by atoms with Gasteiger partial charge in [0.2, 0.25) is 5.91 Å². The molecule has 21 heavy (non-hydrogen) atoms. The summed E-state index contributed by atoms with van der Waals surface area (Å²) in [5, 5.41) is 0. The highest BCUT2D eigenvalue weighted by Gasteiger charge is 2.26. The van der Waals surface area contributed by atoms with Crippen molar-refractivity contribution in [3.8, 4) is 0 Å². The summed E-state index contributed by atoms with van der Waals surface area (Å²) in [5.74, 6) is 0.380. The van der Waals surface area contributed by atoms with Crippen LogP contribution in [0.15, 0.2) is 0 Å². The minimum absolute atomic E-state index is 0.380. The van der Waals surface area contributed by atoms with Gasteiger partial charge < -0.3 is 4.90 Å². The van der Waals surface area contributed by atoms with Crippen molar-refractivity contribution in [2.75, 3.05) is 6.54 Å². The van der Waals surface area contributed by atoms with Gasteiger partial charge in [0, 0.05) is 19.0 Å². The molecular formula is C19H37NO. The number of rotatable bonds is 13. The van der Waals surface area contributed by atoms with Crippen LogP contribution in [0.5, 0.6) is 0 Å². The van der Waals surface area contributed by atoms with Gasteiger partial charge in [-0.2, -0.15) is 0 Å². The Hall–Kier alpha value is -0.530. The molecule has 1 unspecified atom stereocenters. The standard InChI is InChI=1S/C19H37NO/c1-3-4-5-6-7-8-9-10-11-12-13-14-17-20-18(2)15-16-19(20)21/h18H,3-17H2,1-2H3. The molecule has 1 fully saturated rings. The van der Waals surface area contributed by atoms with E-state index in [9.17, 15) is 4.79 Å². The van der Waals surface area contributed by atoms with E-state index in [1.807, 2.05) is 0 Å². The second-order valence-corrected chi connectivity index (χ2v) is 6.86. The van der Waals surface area contributed by atoms with Crippen molar-refractivity contribution in [3.05, 3.63) is 0 Å². The van der Waals surface area contributed by atoms with Crippen LogP contribution in [-0.4, -0.2) is 23.4 Å². The van der Waals surface area contributed by atoms with Gasteiger partial charge in [-0.3, -0.25) is 4.79 Å². The van der Waals surface area contributed by atoms with Crippen LogP contribution < -0.4 is 0 Å². The van der Waals surface area contributed by atoms with Crippen LogP contribution in [0.4, 0.5) is 0 Å². The van der Waals surface area contributed by atoms with Crippen molar-refractivity contribution < 1.29 is 4.79 Å². The van der Waals surface area contributed by atoms with E-state index in [2.05, 4.69) is 18.7 Å². The smallest absolute Gasteiger partial charge is 0.222 e. The lowest BCUT2D eigenvalue weighted by Crippen LogP contribution is -2.31. The van der Waals surface area contributed by atoms with Gasteiger partial charge in [0.15, 0.2) is 0 Å². The van der Waals surface area contributed by atoms with Crippen LogP contribution in [0, 0.1) is 0 Å². The van der Waals surface area contributed by atoms with Crippen LogP contribution in [-0.2, 0) is 4.79 Å². The van der Waals surface area contributed by atoms with E-state index < -0.39 is 0 Å². The van der Waals surface area contributed by atoms with Gasteiger partial charge in [0.1, 0.15) is 0 Å². The Balaban J connectivity index is 1.79. The third-order valence-corrected chi connectivity index (χ3v) is 4.88. The summed E-state index contributed by atoms with van der Waals surface area (Å²) in [7, 11) is 0. The maximum atomic E-state index is 11.6. The molecule has 0 aromatic heterocycles. The largest absolute Gasteiger partial charge is 0.340 e. The highest BCUT2D eigenvalue weighted by atomic mass is 16.2. The molecule has 1 aliphatic rings. The lowest BCUT2D eigenvalue weighted by atomic mass is 10.1. The number of carbonyl (C=O) groups excluding carboxylic acids is 1. The van der Waals surface area contributed by atoms with Gasteiger partial charge in [0.25, 0.3) is 0 Å². The Bertz CT molecular complexity index is 264. The maximum Gasteiger partial charge on any atom is 0.222 e. The normalized spacial score (nSPS) is 18.7. The first-order chi connectivity index (χ1) is 10.3. The highest BCUT2D eigenvalue weighted by molar-refractivity contribution is 5.78. The quantitative estimate of drug-likeness (QED) is 0.399. The second kappa shape index (κ2) is 12.1. The first kappa shape index (κ1) is 18.5. The molecule has 0 aromatic carbocycles. The molecule has 0 N–H and O–H groups in total. The van der Waals surface area contributed by atoms with Crippen molar-refractivity contribution >= 4 is 5.91 Å². The number of hydrogen-bond donors (Lipinski definition) is 0. The van der Waals surface area contributed by atoms with E-state index in [0.717, 1.165) is 19.4 Å². The Morgan fingerprint density at radius 3 is 1.76 bits per heavy atom. The third kappa shape index (κ3) is 8.48. The number of unbranched alkanes of at least 4 members (excludes halogenated alkanes) is 11. The number of nitrogens with zero attached hydrogens (tertiary/aromatic N) is 1. The average Bonchev–Trinajstić information content (AvgIpc) is 2.80. The van der Waals surface area contributed by atoms with Crippen molar-refractivity contribution in [1.82, 2.24) is 4.90 Å². The van der Waals surface area contributed by atoms with Gasteiger partial charge in [-0.05, 0) is 19.8 Å². The fraction of sp³-hybridized carbons (Fsp3) is 0.947. The predicted molar refractivity (Wildman–Crippen MR) is 91.5 cm³/mol. The molecular weight excluding hydrogens is 258 g/mol. The van der Waals surface area contributed by atoms with E-state index in [0.29, 0.717) is 11.9 Å². The zero-order valence-corrected chi connectivity index (χ0v) is 14.5. The number of carbonyl (C=O) groups is 1. The fourth-order valence-corrected chi connectivity index (χ4v) is 3.35. The molecule has 2 heteroatoms. The minimum Gasteiger partial charge on any atom is -0.340 e. The SMILES string of the molecule is CCCCCCCCCCCCCCN1C(=O)CCC1C. The molecule has 0 aromatic rings. The molecule has 1 heterocycles. The first-order valence-electron chi connectivity index (χ1n) is 9.55. The Morgan fingerprint density at radius 1 is 0.857 bits per heavy atom. The van der Waals surface area contributed by atoms with Crippen molar-refractivity contribution in [2.24, 2.45) is 0 Å². The van der Waals surface area contributed by atoms with E-state index >= 15 is 0 Å². The molecule has 2 nitrogen and oxygen atoms in total. The zero-order valence-electron chi connectivity index (χ0n) is 14.5. The van der Waals surface area contributed by atoms with Gasteiger partial charge >= 0.3 is 0 Å². The van der Waals surface area contributed by atoms with E-state index in [4.69, 9.17) is 0 Å². The number of likely N-dealkylation sites (tertiary alicyclic amines) is 1. The van der Waals surface area contributed by atoms with E-state index in [-0.39, 0.29) is 0 Å². The number of amides is 1. The van der Waals surface area contributed by atoms with Crippen LogP contribution in [0.25, 0.3) is 0 Å². The first-order valence-corrected chi connectivity index (χ1v) is 9.55. The average molecular weight is 296 g/mol. The molecule has 0 bridgehead atoms. The Kier molecular flexibility index (Phi) is 10.6. The third-order valence-electron chi connectivity index (χ3n) is 4.88.